The van der Waals surface area contributed by atoms with Gasteiger partial charge in [0.15, 0.2) is 0 Å². The van der Waals surface area contributed by atoms with Crippen molar-refractivity contribution >= 4 is 29.1 Å². The van der Waals surface area contributed by atoms with Gasteiger partial charge in [-0.2, -0.15) is 11.8 Å². The van der Waals surface area contributed by atoms with Crippen LogP contribution in [0.3, 0.4) is 0 Å². The standard InChI is InChI=1S/C12H17FN2O3S/c1-6(11(5-16)19-2)15-10-4-8(13)7(12(17)18)3-9(10)14/h3-4,6,11,15-16H,5,14H2,1-2H3,(H,17,18). The molecule has 106 valence electrons. The first-order valence-electron chi connectivity index (χ1n) is 5.63. The maximum atomic E-state index is 13.6. The van der Waals surface area contributed by atoms with Crippen LogP contribution >= 0.6 is 11.8 Å². The van der Waals surface area contributed by atoms with Gasteiger partial charge in [0.25, 0.3) is 0 Å². The minimum Gasteiger partial charge on any atom is -0.478 e. The maximum Gasteiger partial charge on any atom is 0.338 e. The van der Waals surface area contributed by atoms with E-state index in [0.29, 0.717) is 5.69 Å². The number of anilines is 2. The molecule has 0 saturated carbocycles. The van der Waals surface area contributed by atoms with Gasteiger partial charge in [-0.1, -0.05) is 0 Å². The van der Waals surface area contributed by atoms with Gasteiger partial charge >= 0.3 is 5.97 Å². The molecule has 0 fully saturated rings. The van der Waals surface area contributed by atoms with E-state index < -0.39 is 17.3 Å². The van der Waals surface area contributed by atoms with Crippen molar-refractivity contribution in [3.8, 4) is 0 Å². The number of nitrogens with two attached hydrogens (primary N) is 1. The second kappa shape index (κ2) is 6.63. The third-order valence-electron chi connectivity index (χ3n) is 2.79. The maximum absolute atomic E-state index is 13.6. The number of aliphatic hydroxyl groups is 1. The van der Waals surface area contributed by atoms with Crippen LogP contribution in [-0.4, -0.2) is 40.3 Å². The Balaban J connectivity index is 2.97. The Morgan fingerprint density at radius 1 is 1.58 bits per heavy atom. The normalized spacial score (nSPS) is 13.9. The number of rotatable bonds is 6. The van der Waals surface area contributed by atoms with E-state index in [2.05, 4.69) is 5.32 Å². The quantitative estimate of drug-likeness (QED) is 0.594. The van der Waals surface area contributed by atoms with Crippen LogP contribution in [0.25, 0.3) is 0 Å². The molecule has 5 nitrogen and oxygen atoms in total. The van der Waals surface area contributed by atoms with Crippen LogP contribution in [0.15, 0.2) is 12.1 Å². The zero-order valence-electron chi connectivity index (χ0n) is 10.7. The van der Waals surface area contributed by atoms with E-state index in [1.54, 1.807) is 0 Å². The summed E-state index contributed by atoms with van der Waals surface area (Å²) < 4.78 is 13.6. The van der Waals surface area contributed by atoms with Gasteiger partial charge in [-0.05, 0) is 25.3 Å². The van der Waals surface area contributed by atoms with Crippen LogP contribution in [-0.2, 0) is 0 Å². The van der Waals surface area contributed by atoms with E-state index in [1.165, 1.54) is 11.8 Å². The fourth-order valence-electron chi connectivity index (χ4n) is 1.65. The first-order chi connectivity index (χ1) is 8.90. The van der Waals surface area contributed by atoms with Gasteiger partial charge in [-0.15, -0.1) is 0 Å². The Bertz CT molecular complexity index is 467. The Kier molecular flexibility index (Phi) is 5.44. The van der Waals surface area contributed by atoms with Crippen molar-refractivity contribution in [1.29, 1.82) is 0 Å². The number of nitrogen functional groups attached to an aromatic ring is 1. The lowest BCUT2D eigenvalue weighted by atomic mass is 10.1. The highest BCUT2D eigenvalue weighted by Gasteiger charge is 2.18. The zero-order valence-corrected chi connectivity index (χ0v) is 11.5. The zero-order chi connectivity index (χ0) is 14.6. The number of aliphatic hydroxyl groups excluding tert-OH is 1. The van der Waals surface area contributed by atoms with Crippen LogP contribution in [0.2, 0.25) is 0 Å². The largest absolute Gasteiger partial charge is 0.478 e. The lowest BCUT2D eigenvalue weighted by Crippen LogP contribution is -2.31. The van der Waals surface area contributed by atoms with Gasteiger partial charge in [-0.3, -0.25) is 0 Å². The molecule has 0 bridgehead atoms. The fraction of sp³-hybridized carbons (Fsp3) is 0.417. The summed E-state index contributed by atoms with van der Waals surface area (Å²) in [5, 5.41) is 20.9. The summed E-state index contributed by atoms with van der Waals surface area (Å²) in [6.07, 6.45) is 1.86. The molecule has 2 atom stereocenters. The third kappa shape index (κ3) is 3.74. The SMILES string of the molecule is CSC(CO)C(C)Nc1cc(F)c(C(=O)O)cc1N. The van der Waals surface area contributed by atoms with E-state index >= 15 is 0 Å². The molecule has 0 heterocycles. The van der Waals surface area contributed by atoms with E-state index in [4.69, 9.17) is 10.8 Å². The second-order valence-corrected chi connectivity index (χ2v) is 5.19. The Morgan fingerprint density at radius 3 is 2.68 bits per heavy atom. The summed E-state index contributed by atoms with van der Waals surface area (Å²) >= 11 is 1.47. The van der Waals surface area contributed by atoms with Crippen molar-refractivity contribution < 1.29 is 19.4 Å². The number of halogens is 1. The van der Waals surface area contributed by atoms with Crippen LogP contribution in [0.4, 0.5) is 15.8 Å². The van der Waals surface area contributed by atoms with Crippen molar-refractivity contribution in [2.75, 3.05) is 23.9 Å². The number of hydrogen-bond acceptors (Lipinski definition) is 5. The van der Waals surface area contributed by atoms with Gasteiger partial charge < -0.3 is 21.3 Å². The number of thioether (sulfide) groups is 1. The molecule has 2 unspecified atom stereocenters. The molecule has 19 heavy (non-hydrogen) atoms. The average molecular weight is 288 g/mol. The molecule has 0 amide bonds. The van der Waals surface area contributed by atoms with Gasteiger partial charge in [0.1, 0.15) is 5.82 Å². The fourth-order valence-corrected chi connectivity index (χ4v) is 2.28. The van der Waals surface area contributed by atoms with Crippen LogP contribution < -0.4 is 11.1 Å². The van der Waals surface area contributed by atoms with E-state index in [1.807, 2.05) is 13.2 Å². The average Bonchev–Trinajstić information content (AvgIpc) is 2.34. The molecule has 0 aliphatic carbocycles. The Morgan fingerprint density at radius 2 is 2.21 bits per heavy atom. The molecule has 1 aromatic carbocycles. The van der Waals surface area contributed by atoms with Gasteiger partial charge in [-0.25, -0.2) is 9.18 Å². The summed E-state index contributed by atoms with van der Waals surface area (Å²) in [6, 6.07) is 2.00. The van der Waals surface area contributed by atoms with Gasteiger partial charge in [0, 0.05) is 11.3 Å². The summed E-state index contributed by atoms with van der Waals surface area (Å²) in [4.78, 5) is 10.8. The highest BCUT2D eigenvalue weighted by atomic mass is 32.2. The molecule has 0 radical (unpaired) electrons. The van der Waals surface area contributed by atoms with Crippen molar-refractivity contribution in [3.63, 3.8) is 0 Å². The Hall–Kier alpha value is -1.47. The van der Waals surface area contributed by atoms with Gasteiger partial charge in [0.05, 0.1) is 23.5 Å². The van der Waals surface area contributed by atoms with Crippen molar-refractivity contribution in [2.24, 2.45) is 0 Å². The number of carbonyl (C=O) groups is 1. The van der Waals surface area contributed by atoms with Crippen LogP contribution in [0.5, 0.6) is 0 Å². The van der Waals surface area contributed by atoms with E-state index in [0.717, 1.165) is 12.1 Å². The smallest absolute Gasteiger partial charge is 0.338 e. The number of carboxylic acids is 1. The lowest BCUT2D eigenvalue weighted by molar-refractivity contribution is 0.0692. The molecule has 0 saturated heterocycles. The summed E-state index contributed by atoms with van der Waals surface area (Å²) in [5.41, 5.74) is 5.72. The first-order valence-corrected chi connectivity index (χ1v) is 6.92. The van der Waals surface area contributed by atoms with E-state index in [9.17, 15) is 14.3 Å². The minimum atomic E-state index is -1.36. The molecule has 0 aliphatic heterocycles. The van der Waals surface area contributed by atoms with Crippen LogP contribution in [0, 0.1) is 5.82 Å². The monoisotopic (exact) mass is 288 g/mol. The number of aromatic carboxylic acids is 1. The second-order valence-electron chi connectivity index (χ2n) is 4.11. The minimum absolute atomic E-state index is 0.0229. The summed E-state index contributed by atoms with van der Waals surface area (Å²) in [5.74, 6) is -2.21. The molecule has 0 aliphatic rings. The van der Waals surface area contributed by atoms with Gasteiger partial charge in [0.2, 0.25) is 0 Å². The number of carboxylic acid groups (broad SMARTS) is 1. The predicted molar refractivity (Wildman–Crippen MR) is 75.2 cm³/mol. The summed E-state index contributed by atoms with van der Waals surface area (Å²) in [7, 11) is 0. The number of benzene rings is 1. The molecular formula is C12H17FN2O3S. The lowest BCUT2D eigenvalue weighted by Gasteiger charge is -2.23. The number of hydrogen-bond donors (Lipinski definition) is 4. The highest BCUT2D eigenvalue weighted by molar-refractivity contribution is 7.99. The van der Waals surface area contributed by atoms with Crippen molar-refractivity contribution in [3.05, 3.63) is 23.5 Å². The van der Waals surface area contributed by atoms with Crippen molar-refractivity contribution in [2.45, 2.75) is 18.2 Å². The molecule has 0 spiro atoms. The molecule has 5 N–H and O–H groups in total. The molecule has 7 heteroatoms. The molecule has 0 aromatic heterocycles. The first kappa shape index (κ1) is 15.6. The summed E-state index contributed by atoms with van der Waals surface area (Å²) in [6.45, 7) is 1.81. The van der Waals surface area contributed by atoms with Crippen molar-refractivity contribution in [1.82, 2.24) is 0 Å². The van der Waals surface area contributed by atoms with Crippen LogP contribution in [0.1, 0.15) is 17.3 Å². The molecule has 1 rings (SSSR count). The molecule has 1 aromatic rings. The predicted octanol–water partition coefficient (Wildman–Crippen LogP) is 1.63. The topological polar surface area (TPSA) is 95.6 Å². The Labute approximate surface area is 115 Å². The molecular weight excluding hydrogens is 271 g/mol. The number of nitrogens with one attached hydrogen (secondary N) is 1. The van der Waals surface area contributed by atoms with E-state index in [-0.39, 0.29) is 23.6 Å². The third-order valence-corrected chi connectivity index (χ3v) is 3.96. The highest BCUT2D eigenvalue weighted by Crippen LogP contribution is 2.25.